The molecule has 0 aromatic heterocycles. The molecule has 1 aliphatic rings. The predicted octanol–water partition coefficient (Wildman–Crippen LogP) is 1.17. The molecule has 1 aliphatic heterocycles. The second-order valence-electron chi connectivity index (χ2n) is 3.14. The summed E-state index contributed by atoms with van der Waals surface area (Å²) in [5.74, 6) is 0. The smallest absolute Gasteiger partial charge is 0.384 e. The number of alkyl halides is 3. The molecule has 1 atom stereocenters. The lowest BCUT2D eigenvalue weighted by atomic mass is 9.87. The van der Waals surface area contributed by atoms with E-state index in [2.05, 4.69) is 10.1 Å². The van der Waals surface area contributed by atoms with Gasteiger partial charge in [-0.05, 0) is 13.0 Å². The van der Waals surface area contributed by atoms with Crippen LogP contribution in [-0.4, -0.2) is 33.0 Å². The third-order valence-corrected chi connectivity index (χ3v) is 2.27. The van der Waals surface area contributed by atoms with Gasteiger partial charge in [0.2, 0.25) is 0 Å². The molecule has 0 saturated carbocycles. The third-order valence-electron chi connectivity index (χ3n) is 2.27. The van der Waals surface area contributed by atoms with Crippen LogP contribution in [0.5, 0.6) is 0 Å². The Labute approximate surface area is 69.1 Å². The minimum atomic E-state index is -4.16. The number of ether oxygens (including phenoxy) is 1. The largest absolute Gasteiger partial charge is 0.397 e. The van der Waals surface area contributed by atoms with E-state index in [1.54, 1.807) is 0 Å². The first kappa shape index (κ1) is 9.80. The van der Waals surface area contributed by atoms with Gasteiger partial charge in [0.1, 0.15) is 5.41 Å². The first-order chi connectivity index (χ1) is 5.52. The van der Waals surface area contributed by atoms with Crippen molar-refractivity contribution in [1.29, 1.82) is 0 Å². The summed E-state index contributed by atoms with van der Waals surface area (Å²) in [4.78, 5) is 0. The molecule has 0 amide bonds. The standard InChI is InChI=1S/C7H12F3NO/c1-12-5-6(7(8,9)10)2-3-11-4-6/h11H,2-5H2,1H3. The topological polar surface area (TPSA) is 21.3 Å². The monoisotopic (exact) mass is 183 g/mol. The number of methoxy groups -OCH3 is 1. The lowest BCUT2D eigenvalue weighted by molar-refractivity contribution is -0.230. The normalized spacial score (nSPS) is 31.0. The van der Waals surface area contributed by atoms with Crippen molar-refractivity contribution >= 4 is 0 Å². The summed E-state index contributed by atoms with van der Waals surface area (Å²) in [6.07, 6.45) is -4.04. The summed E-state index contributed by atoms with van der Waals surface area (Å²) >= 11 is 0. The molecular weight excluding hydrogens is 171 g/mol. The highest BCUT2D eigenvalue weighted by molar-refractivity contribution is 4.93. The Bertz CT molecular complexity index is 151. The molecule has 12 heavy (non-hydrogen) atoms. The molecule has 1 rings (SSSR count). The average Bonchev–Trinajstić information content (AvgIpc) is 2.36. The number of rotatable bonds is 2. The van der Waals surface area contributed by atoms with E-state index in [-0.39, 0.29) is 19.6 Å². The highest BCUT2D eigenvalue weighted by Gasteiger charge is 2.56. The Morgan fingerprint density at radius 2 is 2.17 bits per heavy atom. The zero-order chi connectivity index (χ0) is 9.24. The molecule has 1 heterocycles. The summed E-state index contributed by atoms with van der Waals surface area (Å²) in [5.41, 5.74) is -1.65. The minimum Gasteiger partial charge on any atom is -0.384 e. The zero-order valence-electron chi connectivity index (χ0n) is 6.87. The van der Waals surface area contributed by atoms with E-state index in [1.165, 1.54) is 7.11 Å². The van der Waals surface area contributed by atoms with Crippen molar-refractivity contribution < 1.29 is 17.9 Å². The van der Waals surface area contributed by atoms with Gasteiger partial charge in [-0.2, -0.15) is 13.2 Å². The molecule has 0 aromatic carbocycles. The molecule has 1 saturated heterocycles. The molecule has 0 spiro atoms. The van der Waals surface area contributed by atoms with Crippen LogP contribution in [0.1, 0.15) is 6.42 Å². The van der Waals surface area contributed by atoms with Gasteiger partial charge in [-0.15, -0.1) is 0 Å². The molecular formula is C7H12F3NO. The number of halogens is 3. The van der Waals surface area contributed by atoms with Crippen molar-refractivity contribution in [3.05, 3.63) is 0 Å². The van der Waals surface area contributed by atoms with Crippen molar-refractivity contribution in [2.24, 2.45) is 5.41 Å². The summed E-state index contributed by atoms with van der Waals surface area (Å²) in [5, 5.41) is 2.70. The molecule has 2 nitrogen and oxygen atoms in total. The number of nitrogens with one attached hydrogen (secondary N) is 1. The number of hydrogen-bond donors (Lipinski definition) is 1. The van der Waals surface area contributed by atoms with Gasteiger partial charge in [-0.1, -0.05) is 0 Å². The maximum atomic E-state index is 12.5. The van der Waals surface area contributed by atoms with Crippen LogP contribution in [0.4, 0.5) is 13.2 Å². The molecule has 72 valence electrons. The van der Waals surface area contributed by atoms with Crippen molar-refractivity contribution in [2.75, 3.05) is 26.8 Å². The molecule has 1 unspecified atom stereocenters. The minimum absolute atomic E-state index is 0.0235. The highest BCUT2D eigenvalue weighted by Crippen LogP contribution is 2.42. The van der Waals surface area contributed by atoms with E-state index in [0.29, 0.717) is 6.54 Å². The predicted molar refractivity (Wildman–Crippen MR) is 37.9 cm³/mol. The SMILES string of the molecule is COCC1(C(F)(F)F)CCNC1. The van der Waals surface area contributed by atoms with E-state index in [1.807, 2.05) is 0 Å². The van der Waals surface area contributed by atoms with Crippen molar-refractivity contribution in [1.82, 2.24) is 5.32 Å². The summed E-state index contributed by atoms with van der Waals surface area (Å²) in [6, 6.07) is 0. The highest BCUT2D eigenvalue weighted by atomic mass is 19.4. The van der Waals surface area contributed by atoms with Gasteiger partial charge in [-0.3, -0.25) is 0 Å². The number of hydrogen-bond acceptors (Lipinski definition) is 2. The van der Waals surface area contributed by atoms with Gasteiger partial charge < -0.3 is 10.1 Å². The Kier molecular flexibility index (Phi) is 2.63. The second kappa shape index (κ2) is 3.22. The first-order valence-corrected chi connectivity index (χ1v) is 3.78. The fraction of sp³-hybridized carbons (Fsp3) is 1.00. The molecule has 0 radical (unpaired) electrons. The first-order valence-electron chi connectivity index (χ1n) is 3.78. The lowest BCUT2D eigenvalue weighted by Crippen LogP contribution is -2.43. The van der Waals surface area contributed by atoms with E-state index in [0.717, 1.165) is 0 Å². The van der Waals surface area contributed by atoms with Crippen LogP contribution in [-0.2, 0) is 4.74 Å². The molecule has 1 N–H and O–H groups in total. The van der Waals surface area contributed by atoms with Crippen molar-refractivity contribution in [2.45, 2.75) is 12.6 Å². The third kappa shape index (κ3) is 1.56. The van der Waals surface area contributed by atoms with Gasteiger partial charge in [0, 0.05) is 13.7 Å². The Morgan fingerprint density at radius 3 is 2.50 bits per heavy atom. The summed E-state index contributed by atoms with van der Waals surface area (Å²) in [6.45, 7) is 0.150. The lowest BCUT2D eigenvalue weighted by Gasteiger charge is -2.29. The van der Waals surface area contributed by atoms with Crippen LogP contribution >= 0.6 is 0 Å². The van der Waals surface area contributed by atoms with Gasteiger partial charge in [0.05, 0.1) is 6.61 Å². The summed E-state index contributed by atoms with van der Waals surface area (Å²) in [7, 11) is 1.30. The maximum absolute atomic E-state index is 12.5. The van der Waals surface area contributed by atoms with E-state index < -0.39 is 11.6 Å². The van der Waals surface area contributed by atoms with Crippen LogP contribution in [0.2, 0.25) is 0 Å². The molecule has 0 bridgehead atoms. The molecule has 1 fully saturated rings. The van der Waals surface area contributed by atoms with Crippen LogP contribution in [0.25, 0.3) is 0 Å². The second-order valence-corrected chi connectivity index (χ2v) is 3.14. The van der Waals surface area contributed by atoms with Crippen LogP contribution < -0.4 is 5.32 Å². The van der Waals surface area contributed by atoms with Crippen LogP contribution in [0, 0.1) is 5.41 Å². The fourth-order valence-electron chi connectivity index (χ4n) is 1.47. The fourth-order valence-corrected chi connectivity index (χ4v) is 1.47. The Balaban J connectivity index is 2.72. The van der Waals surface area contributed by atoms with Gasteiger partial charge >= 0.3 is 6.18 Å². The van der Waals surface area contributed by atoms with E-state index in [4.69, 9.17) is 0 Å². The average molecular weight is 183 g/mol. The zero-order valence-corrected chi connectivity index (χ0v) is 6.87. The van der Waals surface area contributed by atoms with Crippen LogP contribution in [0.3, 0.4) is 0 Å². The van der Waals surface area contributed by atoms with Crippen molar-refractivity contribution in [3.8, 4) is 0 Å². The molecule has 0 aliphatic carbocycles. The van der Waals surface area contributed by atoms with Crippen molar-refractivity contribution in [3.63, 3.8) is 0 Å². The van der Waals surface area contributed by atoms with Gasteiger partial charge in [-0.25, -0.2) is 0 Å². The van der Waals surface area contributed by atoms with Gasteiger partial charge in [0.15, 0.2) is 0 Å². The van der Waals surface area contributed by atoms with E-state index in [9.17, 15) is 13.2 Å². The molecule has 0 aromatic rings. The quantitative estimate of drug-likeness (QED) is 0.694. The van der Waals surface area contributed by atoms with Crippen LogP contribution in [0.15, 0.2) is 0 Å². The Morgan fingerprint density at radius 1 is 1.50 bits per heavy atom. The molecule has 5 heteroatoms. The Hall–Kier alpha value is -0.290. The van der Waals surface area contributed by atoms with Gasteiger partial charge in [0.25, 0.3) is 0 Å². The summed E-state index contributed by atoms with van der Waals surface area (Å²) < 4.78 is 42.0. The maximum Gasteiger partial charge on any atom is 0.397 e. The van der Waals surface area contributed by atoms with E-state index >= 15 is 0 Å².